The number of alkyl halides is 3. The van der Waals surface area contributed by atoms with E-state index in [1.165, 1.54) is 24.3 Å². The van der Waals surface area contributed by atoms with Crippen LogP contribution in [0.3, 0.4) is 0 Å². The van der Waals surface area contributed by atoms with E-state index in [-0.39, 0.29) is 11.4 Å². The lowest BCUT2D eigenvalue weighted by atomic mass is 10.2. The molecule has 0 radical (unpaired) electrons. The maximum Gasteiger partial charge on any atom is 0.573 e. The predicted molar refractivity (Wildman–Crippen MR) is 100 cm³/mol. The van der Waals surface area contributed by atoms with Crippen molar-refractivity contribution in [3.05, 3.63) is 53.1 Å². The molecule has 2 rings (SSSR count). The van der Waals surface area contributed by atoms with Gasteiger partial charge in [-0.3, -0.25) is 9.10 Å². The number of amides is 1. The molecule has 0 aliphatic rings. The molecule has 0 bridgehead atoms. The van der Waals surface area contributed by atoms with E-state index in [0.29, 0.717) is 10.6 Å². The number of nitrogens with zero attached hydrogens (tertiary/aromatic N) is 1. The van der Waals surface area contributed by atoms with Gasteiger partial charge >= 0.3 is 6.36 Å². The minimum Gasteiger partial charge on any atom is -0.406 e. The molecule has 0 unspecified atom stereocenters. The van der Waals surface area contributed by atoms with Crippen molar-refractivity contribution >= 4 is 38.9 Å². The summed E-state index contributed by atoms with van der Waals surface area (Å²) in [6.45, 7) is 1.12. The number of halogens is 4. The summed E-state index contributed by atoms with van der Waals surface area (Å²) in [4.78, 5) is 12.3. The second kappa shape index (κ2) is 8.27. The highest BCUT2D eigenvalue weighted by molar-refractivity contribution is 7.92. The highest BCUT2D eigenvalue weighted by Gasteiger charge is 2.31. The Labute approximate surface area is 164 Å². The van der Waals surface area contributed by atoms with Crippen LogP contribution in [0.2, 0.25) is 5.02 Å². The fourth-order valence-corrected chi connectivity index (χ4v) is 3.49. The van der Waals surface area contributed by atoms with Crippen LogP contribution in [0.25, 0.3) is 0 Å². The summed E-state index contributed by atoms with van der Waals surface area (Å²) >= 11 is 5.87. The van der Waals surface area contributed by atoms with Crippen molar-refractivity contribution in [3.8, 4) is 5.75 Å². The Morgan fingerprint density at radius 2 is 1.79 bits per heavy atom. The third kappa shape index (κ3) is 6.31. The Morgan fingerprint density at radius 3 is 2.29 bits per heavy atom. The molecule has 0 spiro atoms. The van der Waals surface area contributed by atoms with Crippen LogP contribution in [0.5, 0.6) is 5.75 Å². The predicted octanol–water partition coefficient (Wildman–Crippen LogP) is 3.95. The van der Waals surface area contributed by atoms with Crippen LogP contribution < -0.4 is 14.4 Å². The first-order chi connectivity index (χ1) is 12.8. The normalized spacial score (nSPS) is 11.8. The summed E-state index contributed by atoms with van der Waals surface area (Å²) < 4.78 is 65.4. The average Bonchev–Trinajstić information content (AvgIpc) is 2.53. The van der Waals surface area contributed by atoms with Gasteiger partial charge in [0.1, 0.15) is 12.3 Å². The molecule has 0 saturated heterocycles. The van der Waals surface area contributed by atoms with Gasteiger partial charge in [-0.05, 0) is 55.0 Å². The molecule has 11 heteroatoms. The monoisotopic (exact) mass is 436 g/mol. The second-order valence-electron chi connectivity index (χ2n) is 5.82. The smallest absolute Gasteiger partial charge is 0.406 e. The van der Waals surface area contributed by atoms with E-state index in [0.717, 1.165) is 22.7 Å². The van der Waals surface area contributed by atoms with E-state index in [1.54, 1.807) is 13.0 Å². The summed E-state index contributed by atoms with van der Waals surface area (Å²) in [6.07, 6.45) is -3.87. The molecule has 2 aromatic carbocycles. The molecule has 28 heavy (non-hydrogen) atoms. The molecule has 0 aliphatic carbocycles. The number of nitrogens with one attached hydrogen (secondary N) is 1. The Kier molecular flexibility index (Phi) is 6.45. The van der Waals surface area contributed by atoms with Gasteiger partial charge in [0.2, 0.25) is 15.9 Å². The van der Waals surface area contributed by atoms with Crippen molar-refractivity contribution < 1.29 is 31.1 Å². The Balaban J connectivity index is 2.14. The molecule has 0 saturated carbocycles. The summed E-state index contributed by atoms with van der Waals surface area (Å²) in [5, 5.41) is 2.84. The molecule has 0 aliphatic heterocycles. The lowest BCUT2D eigenvalue weighted by Gasteiger charge is -2.23. The number of carbonyl (C=O) groups is 1. The maximum absolute atomic E-state index is 12.3. The van der Waals surface area contributed by atoms with E-state index in [9.17, 15) is 26.4 Å². The minimum atomic E-state index is -4.82. The van der Waals surface area contributed by atoms with Crippen LogP contribution in [0.4, 0.5) is 24.5 Å². The summed E-state index contributed by atoms with van der Waals surface area (Å²) in [5.41, 5.74) is 1.02. The van der Waals surface area contributed by atoms with Crippen molar-refractivity contribution in [2.45, 2.75) is 13.3 Å². The van der Waals surface area contributed by atoms with Gasteiger partial charge < -0.3 is 10.1 Å². The average molecular weight is 437 g/mol. The van der Waals surface area contributed by atoms with Crippen molar-refractivity contribution in [1.82, 2.24) is 0 Å². The number of anilines is 2. The Bertz CT molecular complexity index is 963. The zero-order valence-corrected chi connectivity index (χ0v) is 16.3. The van der Waals surface area contributed by atoms with Crippen molar-refractivity contribution in [1.29, 1.82) is 0 Å². The first kappa shape index (κ1) is 21.8. The van der Waals surface area contributed by atoms with Gasteiger partial charge in [0.15, 0.2) is 0 Å². The van der Waals surface area contributed by atoms with Gasteiger partial charge in [0, 0.05) is 10.7 Å². The maximum atomic E-state index is 12.3. The van der Waals surface area contributed by atoms with Gasteiger partial charge in [0.05, 0.1) is 11.9 Å². The fourth-order valence-electron chi connectivity index (χ4n) is 2.35. The minimum absolute atomic E-state index is 0.181. The molecular formula is C17H16ClF3N2O4S. The first-order valence-electron chi connectivity index (χ1n) is 7.75. The Morgan fingerprint density at radius 1 is 1.18 bits per heavy atom. The van der Waals surface area contributed by atoms with E-state index < -0.39 is 34.6 Å². The lowest BCUT2D eigenvalue weighted by Crippen LogP contribution is -2.37. The van der Waals surface area contributed by atoms with E-state index in [1.807, 2.05) is 0 Å². The van der Waals surface area contributed by atoms with Crippen LogP contribution in [-0.2, 0) is 14.8 Å². The summed E-state index contributed by atoms with van der Waals surface area (Å²) in [6, 6.07) is 9.01. The van der Waals surface area contributed by atoms with Crippen LogP contribution in [0.15, 0.2) is 42.5 Å². The van der Waals surface area contributed by atoms with Crippen LogP contribution in [0, 0.1) is 6.92 Å². The van der Waals surface area contributed by atoms with E-state index >= 15 is 0 Å². The van der Waals surface area contributed by atoms with Crippen LogP contribution >= 0.6 is 11.6 Å². The fraction of sp³-hybridized carbons (Fsp3) is 0.235. The Hall–Kier alpha value is -2.46. The van der Waals surface area contributed by atoms with Crippen molar-refractivity contribution in [2.75, 3.05) is 22.4 Å². The number of aryl methyl sites for hydroxylation is 1. The molecule has 0 aromatic heterocycles. The highest BCUT2D eigenvalue weighted by Crippen LogP contribution is 2.26. The van der Waals surface area contributed by atoms with E-state index in [2.05, 4.69) is 10.1 Å². The first-order valence-corrected chi connectivity index (χ1v) is 9.97. The molecule has 0 heterocycles. The molecule has 0 fully saturated rings. The van der Waals surface area contributed by atoms with E-state index in [4.69, 9.17) is 11.6 Å². The van der Waals surface area contributed by atoms with Gasteiger partial charge in [-0.25, -0.2) is 8.42 Å². The SMILES string of the molecule is Cc1cc(Cl)ccc1N(CC(=O)Nc1ccc(OC(F)(F)F)cc1)S(C)(=O)=O. The topological polar surface area (TPSA) is 75.7 Å². The number of carbonyl (C=O) groups excluding carboxylic acids is 1. The lowest BCUT2D eigenvalue weighted by molar-refractivity contribution is -0.274. The molecule has 1 N–H and O–H groups in total. The highest BCUT2D eigenvalue weighted by atomic mass is 35.5. The van der Waals surface area contributed by atoms with Crippen LogP contribution in [-0.4, -0.2) is 33.5 Å². The van der Waals surface area contributed by atoms with Gasteiger partial charge in [-0.1, -0.05) is 11.6 Å². The summed E-state index contributed by atoms with van der Waals surface area (Å²) in [5.74, 6) is -1.12. The number of ether oxygens (including phenoxy) is 1. The number of benzene rings is 2. The third-order valence-electron chi connectivity index (χ3n) is 3.49. The second-order valence-corrected chi connectivity index (χ2v) is 8.16. The van der Waals surface area contributed by atoms with Crippen LogP contribution in [0.1, 0.15) is 5.56 Å². The van der Waals surface area contributed by atoms with Crippen molar-refractivity contribution in [2.24, 2.45) is 0 Å². The molecule has 0 atom stereocenters. The third-order valence-corrected chi connectivity index (χ3v) is 4.85. The number of hydrogen-bond donors (Lipinski definition) is 1. The largest absolute Gasteiger partial charge is 0.573 e. The number of rotatable bonds is 6. The van der Waals surface area contributed by atoms with Gasteiger partial charge in [0.25, 0.3) is 0 Å². The molecular weight excluding hydrogens is 421 g/mol. The molecule has 6 nitrogen and oxygen atoms in total. The molecule has 152 valence electrons. The zero-order chi connectivity index (χ0) is 21.1. The zero-order valence-electron chi connectivity index (χ0n) is 14.7. The summed E-state index contributed by atoms with van der Waals surface area (Å²) in [7, 11) is -3.78. The quantitative estimate of drug-likeness (QED) is 0.744. The van der Waals surface area contributed by atoms with Gasteiger partial charge in [-0.2, -0.15) is 0 Å². The van der Waals surface area contributed by atoms with Gasteiger partial charge in [-0.15, -0.1) is 13.2 Å². The molecule has 2 aromatic rings. The number of sulfonamides is 1. The molecule has 1 amide bonds. The standard InChI is InChI=1S/C17H16ClF3N2O4S/c1-11-9-12(18)3-8-15(11)23(28(2,25)26)10-16(24)22-13-4-6-14(7-5-13)27-17(19,20)21/h3-9H,10H2,1-2H3,(H,22,24). The van der Waals surface area contributed by atoms with Crippen molar-refractivity contribution in [3.63, 3.8) is 0 Å². The number of hydrogen-bond acceptors (Lipinski definition) is 4.